The van der Waals surface area contributed by atoms with Gasteiger partial charge in [0.25, 0.3) is 0 Å². The van der Waals surface area contributed by atoms with Crippen LogP contribution in [0.1, 0.15) is 32.6 Å². The molecule has 2 nitrogen and oxygen atoms in total. The van der Waals surface area contributed by atoms with Crippen molar-refractivity contribution in [2.75, 3.05) is 6.61 Å². The Balaban J connectivity index is 2.22. The van der Waals surface area contributed by atoms with E-state index in [4.69, 9.17) is 4.74 Å². The van der Waals surface area contributed by atoms with Gasteiger partial charge >= 0.3 is 0 Å². The molecule has 0 fully saturated rings. The topological polar surface area (TPSA) is 26.3 Å². The van der Waals surface area contributed by atoms with Crippen molar-refractivity contribution >= 4 is 13.8 Å². The van der Waals surface area contributed by atoms with E-state index in [9.17, 15) is 4.57 Å². The maximum Gasteiger partial charge on any atom is 0.192 e. The van der Waals surface area contributed by atoms with Crippen LogP contribution in [0, 0.1) is 0 Å². The lowest BCUT2D eigenvalue weighted by molar-refractivity contribution is 0.305. The normalized spacial score (nSPS) is 10.5. The van der Waals surface area contributed by atoms with E-state index < -0.39 is 0 Å². The smallest absolute Gasteiger partial charge is 0.192 e. The fraction of sp³-hybridized carbons (Fsp3) is 0.500. The molecule has 3 heteroatoms. The summed E-state index contributed by atoms with van der Waals surface area (Å²) in [4.78, 5) is 0. The summed E-state index contributed by atoms with van der Waals surface area (Å²) in [5.74, 6) is 0.860. The van der Waals surface area contributed by atoms with E-state index in [1.54, 1.807) is 0 Å². The molecule has 0 atom stereocenters. The second kappa shape index (κ2) is 7.42. The lowest BCUT2D eigenvalue weighted by Gasteiger charge is -2.05. The van der Waals surface area contributed by atoms with E-state index in [1.165, 1.54) is 19.3 Å². The molecule has 1 rings (SSSR count). The molecule has 15 heavy (non-hydrogen) atoms. The molecular weight excluding hydrogens is 207 g/mol. The first kappa shape index (κ1) is 12.2. The van der Waals surface area contributed by atoms with Gasteiger partial charge in [-0.3, -0.25) is 4.57 Å². The third kappa shape index (κ3) is 4.94. The molecule has 0 amide bonds. The molecule has 0 spiro atoms. The molecule has 0 N–H and O–H groups in total. The van der Waals surface area contributed by atoms with Crippen LogP contribution < -0.4 is 10.0 Å². The summed E-state index contributed by atoms with van der Waals surface area (Å²) in [6.07, 6.45) is 4.86. The summed E-state index contributed by atoms with van der Waals surface area (Å²) < 4.78 is 16.1. The average Bonchev–Trinajstić information content (AvgIpc) is 2.30. The Labute approximate surface area is 92.9 Å². The molecule has 0 aromatic heterocycles. The Morgan fingerprint density at radius 3 is 2.47 bits per heavy atom. The first-order valence-corrected chi connectivity index (χ1v) is 6.24. The zero-order chi connectivity index (χ0) is 10.9. The van der Waals surface area contributed by atoms with Crippen molar-refractivity contribution in [3.63, 3.8) is 0 Å². The minimum absolute atomic E-state index is 0.0650. The van der Waals surface area contributed by atoms with Gasteiger partial charge in [-0.15, -0.1) is 0 Å². The van der Waals surface area contributed by atoms with E-state index in [-0.39, 0.29) is 8.46 Å². The summed E-state index contributed by atoms with van der Waals surface area (Å²) in [7, 11) is 0.0650. The SMILES string of the molecule is CCCCCCOc1ccc(P=O)cc1. The van der Waals surface area contributed by atoms with E-state index in [0.717, 1.165) is 24.1 Å². The lowest BCUT2D eigenvalue weighted by Crippen LogP contribution is -1.98. The average molecular weight is 224 g/mol. The van der Waals surface area contributed by atoms with Crippen LogP contribution in [-0.4, -0.2) is 6.61 Å². The highest BCUT2D eigenvalue weighted by Crippen LogP contribution is 2.10. The van der Waals surface area contributed by atoms with Gasteiger partial charge in [-0.05, 0) is 30.7 Å². The van der Waals surface area contributed by atoms with Crippen LogP contribution in [0.3, 0.4) is 0 Å². The summed E-state index contributed by atoms with van der Waals surface area (Å²) in [6.45, 7) is 2.97. The first-order valence-electron chi connectivity index (χ1n) is 5.43. The van der Waals surface area contributed by atoms with Crippen LogP contribution >= 0.6 is 8.46 Å². The fourth-order valence-electron chi connectivity index (χ4n) is 1.32. The fourth-order valence-corrected chi connectivity index (χ4v) is 1.59. The van der Waals surface area contributed by atoms with Crippen molar-refractivity contribution in [3.8, 4) is 5.75 Å². The Hall–Kier alpha value is -0.880. The monoisotopic (exact) mass is 224 g/mol. The molecule has 0 saturated carbocycles. The van der Waals surface area contributed by atoms with E-state index >= 15 is 0 Å². The number of ether oxygens (including phenoxy) is 1. The molecule has 0 bridgehead atoms. The standard InChI is InChI=1S/C12H17O2P/c1-2-3-4-5-10-14-11-6-8-12(15-13)9-7-11/h6-9H,2-5,10H2,1H3. The van der Waals surface area contributed by atoms with E-state index in [1.807, 2.05) is 24.3 Å². The highest BCUT2D eigenvalue weighted by molar-refractivity contribution is 7.34. The zero-order valence-corrected chi connectivity index (χ0v) is 10.0. The predicted octanol–water partition coefficient (Wildman–Crippen LogP) is 3.56. The molecule has 82 valence electrons. The van der Waals surface area contributed by atoms with Crippen molar-refractivity contribution in [1.29, 1.82) is 0 Å². The maximum absolute atomic E-state index is 10.5. The van der Waals surface area contributed by atoms with Gasteiger partial charge in [-0.2, -0.15) is 0 Å². The molecule has 1 aromatic rings. The highest BCUT2D eigenvalue weighted by atomic mass is 31.1. The summed E-state index contributed by atoms with van der Waals surface area (Å²) in [6, 6.07) is 7.35. The van der Waals surface area contributed by atoms with E-state index in [2.05, 4.69) is 6.92 Å². The van der Waals surface area contributed by atoms with Crippen LogP contribution in [0.15, 0.2) is 24.3 Å². The third-order valence-corrected chi connectivity index (χ3v) is 2.72. The molecule has 0 aliphatic rings. The second-order valence-corrected chi connectivity index (χ2v) is 4.19. The van der Waals surface area contributed by atoms with E-state index in [0.29, 0.717) is 0 Å². The van der Waals surface area contributed by atoms with Crippen LogP contribution in [0.5, 0.6) is 5.75 Å². The Bertz CT molecular complexity index is 282. The molecule has 0 saturated heterocycles. The predicted molar refractivity (Wildman–Crippen MR) is 63.3 cm³/mol. The zero-order valence-electron chi connectivity index (χ0n) is 9.11. The van der Waals surface area contributed by atoms with Gasteiger partial charge in [0.05, 0.1) is 6.61 Å². The van der Waals surface area contributed by atoms with Crippen molar-refractivity contribution in [2.24, 2.45) is 0 Å². The largest absolute Gasteiger partial charge is 0.494 e. The number of unbranched alkanes of at least 4 members (excludes halogenated alkanes) is 3. The molecule has 0 aliphatic carbocycles. The van der Waals surface area contributed by atoms with Gasteiger partial charge in [0, 0.05) is 5.30 Å². The number of hydrogen-bond donors (Lipinski definition) is 0. The summed E-state index contributed by atoms with van der Waals surface area (Å²) in [5, 5.41) is 0.785. The number of hydrogen-bond acceptors (Lipinski definition) is 2. The minimum atomic E-state index is 0.0650. The second-order valence-electron chi connectivity index (χ2n) is 3.49. The van der Waals surface area contributed by atoms with Crippen LogP contribution in [-0.2, 0) is 4.57 Å². The number of benzene rings is 1. The van der Waals surface area contributed by atoms with Crippen molar-refractivity contribution in [1.82, 2.24) is 0 Å². The molecule has 0 radical (unpaired) electrons. The van der Waals surface area contributed by atoms with Crippen LogP contribution in [0.2, 0.25) is 0 Å². The molecule has 0 unspecified atom stereocenters. The summed E-state index contributed by atoms with van der Waals surface area (Å²) in [5.41, 5.74) is 0. The molecule has 0 aliphatic heterocycles. The van der Waals surface area contributed by atoms with Gasteiger partial charge in [0.2, 0.25) is 0 Å². The van der Waals surface area contributed by atoms with Gasteiger partial charge in [-0.1, -0.05) is 26.2 Å². The van der Waals surface area contributed by atoms with Crippen LogP contribution in [0.25, 0.3) is 0 Å². The van der Waals surface area contributed by atoms with Crippen molar-refractivity contribution in [3.05, 3.63) is 24.3 Å². The number of rotatable bonds is 7. The quantitative estimate of drug-likeness (QED) is 0.523. The van der Waals surface area contributed by atoms with Crippen molar-refractivity contribution in [2.45, 2.75) is 32.6 Å². The Morgan fingerprint density at radius 1 is 1.13 bits per heavy atom. The minimum Gasteiger partial charge on any atom is -0.494 e. The molecular formula is C12H17O2P. The summed E-state index contributed by atoms with van der Waals surface area (Å²) >= 11 is 0. The molecule has 1 aromatic carbocycles. The first-order chi connectivity index (χ1) is 7.36. The lowest BCUT2D eigenvalue weighted by atomic mass is 10.2. The van der Waals surface area contributed by atoms with Gasteiger partial charge < -0.3 is 4.74 Å². The molecule has 0 heterocycles. The van der Waals surface area contributed by atoms with Gasteiger partial charge in [0.1, 0.15) is 5.75 Å². The highest BCUT2D eigenvalue weighted by Gasteiger charge is 1.95. The Morgan fingerprint density at radius 2 is 1.87 bits per heavy atom. The third-order valence-electron chi connectivity index (χ3n) is 2.21. The Kier molecular flexibility index (Phi) is 6.03. The maximum atomic E-state index is 10.5. The van der Waals surface area contributed by atoms with Gasteiger partial charge in [0.15, 0.2) is 8.46 Å². The van der Waals surface area contributed by atoms with Crippen molar-refractivity contribution < 1.29 is 9.30 Å². The van der Waals surface area contributed by atoms with Crippen LogP contribution in [0.4, 0.5) is 0 Å². The van der Waals surface area contributed by atoms with Gasteiger partial charge in [-0.25, -0.2) is 0 Å².